The van der Waals surface area contributed by atoms with Crippen LogP contribution in [0.1, 0.15) is 0 Å². The average molecular weight is 787 g/mol. The van der Waals surface area contributed by atoms with E-state index in [1.807, 2.05) is 0 Å². The predicted molar refractivity (Wildman–Crippen MR) is 213 cm³/mol. The molecular weight excluding hydrogens is 711 g/mol. The SMILES string of the molecule is C[Si](C)(C)C([As](C([Si](C)(C)C)[Si](C)(C)C)[As](C([Si](C)(C)C)[Si](C)(C)C)C([Si](C)(C)C)[Si](C)(C)C)[Si](C)(C)C. The molecule has 0 aromatic rings. The molecule has 0 atom stereocenters. The van der Waals surface area contributed by atoms with Crippen molar-refractivity contribution in [2.75, 3.05) is 0 Å². The summed E-state index contributed by atoms with van der Waals surface area (Å²) < 4.78 is 4.88. The van der Waals surface area contributed by atoms with Crippen molar-refractivity contribution in [3.05, 3.63) is 0 Å². The van der Waals surface area contributed by atoms with Crippen LogP contribution in [0.2, 0.25) is 173 Å². The van der Waals surface area contributed by atoms with Crippen LogP contribution in [0, 0.1) is 0 Å². The molecule has 10 heteroatoms. The Balaban J connectivity index is 8.59. The monoisotopic (exact) mass is 786 g/mol. The Bertz CT molecular complexity index is 575. The Kier molecular flexibility index (Phi) is 13.6. The van der Waals surface area contributed by atoms with Crippen LogP contribution in [0.3, 0.4) is 0 Å². The van der Waals surface area contributed by atoms with E-state index in [0.29, 0.717) is 0 Å². The quantitative estimate of drug-likeness (QED) is 0.163. The molecular formula is C28H76As2Si8. The molecule has 0 aliphatic rings. The molecule has 38 heavy (non-hydrogen) atoms. The van der Waals surface area contributed by atoms with Crippen LogP contribution in [0.4, 0.5) is 0 Å². The second-order valence-electron chi connectivity index (χ2n) is 21.3. The van der Waals surface area contributed by atoms with Gasteiger partial charge in [0.25, 0.3) is 0 Å². The zero-order valence-electron chi connectivity index (χ0n) is 31.2. The van der Waals surface area contributed by atoms with E-state index in [4.69, 9.17) is 0 Å². The molecule has 0 fully saturated rings. The maximum absolute atomic E-state index is 2.85. The summed E-state index contributed by atoms with van der Waals surface area (Å²) >= 11 is -2.34. The molecule has 0 saturated carbocycles. The molecule has 0 unspecified atom stereocenters. The summed E-state index contributed by atoms with van der Waals surface area (Å²) in [6.45, 7) is 68.5. The third-order valence-electron chi connectivity index (χ3n) is 7.89. The minimum absolute atomic E-state index is 1.17. The van der Waals surface area contributed by atoms with Crippen LogP contribution < -0.4 is 0 Å². The van der Waals surface area contributed by atoms with Crippen molar-refractivity contribution in [2.24, 2.45) is 0 Å². The van der Waals surface area contributed by atoms with Crippen LogP contribution >= 0.6 is 0 Å². The van der Waals surface area contributed by atoms with Gasteiger partial charge in [-0.15, -0.1) is 0 Å². The van der Waals surface area contributed by atoms with Crippen molar-refractivity contribution in [1.82, 2.24) is 0 Å². The zero-order chi connectivity index (χ0) is 31.5. The molecule has 0 aromatic heterocycles. The van der Waals surface area contributed by atoms with Gasteiger partial charge in [0, 0.05) is 0 Å². The van der Waals surface area contributed by atoms with E-state index in [-0.39, 0.29) is 0 Å². The van der Waals surface area contributed by atoms with E-state index >= 15 is 0 Å². The molecule has 0 radical (unpaired) electrons. The molecule has 0 bridgehead atoms. The van der Waals surface area contributed by atoms with Gasteiger partial charge in [0.15, 0.2) is 0 Å². The van der Waals surface area contributed by atoms with Gasteiger partial charge >= 0.3 is 263 Å². The molecule has 0 amide bonds. The molecule has 0 saturated heterocycles. The van der Waals surface area contributed by atoms with Crippen molar-refractivity contribution >= 4 is 89.8 Å². The van der Waals surface area contributed by atoms with E-state index in [9.17, 15) is 0 Å². The third kappa shape index (κ3) is 11.1. The number of hydrogen-bond donors (Lipinski definition) is 0. The Morgan fingerprint density at radius 3 is 0.342 bits per heavy atom. The van der Waals surface area contributed by atoms with Crippen LogP contribution in [-0.4, -0.2) is 89.8 Å². The first kappa shape index (κ1) is 40.9. The van der Waals surface area contributed by atoms with Gasteiger partial charge < -0.3 is 0 Å². The second kappa shape index (κ2) is 12.7. The van der Waals surface area contributed by atoms with Crippen molar-refractivity contribution in [2.45, 2.75) is 173 Å². The molecule has 230 valence electrons. The fourth-order valence-electron chi connectivity index (χ4n) is 9.20. The van der Waals surface area contributed by atoms with Gasteiger partial charge in [-0.3, -0.25) is 0 Å². The van der Waals surface area contributed by atoms with Gasteiger partial charge in [0.1, 0.15) is 0 Å². The summed E-state index contributed by atoms with van der Waals surface area (Å²) in [6, 6.07) is 0. The van der Waals surface area contributed by atoms with Crippen LogP contribution in [0.5, 0.6) is 0 Å². The molecule has 0 aliphatic carbocycles. The molecule has 0 aliphatic heterocycles. The van der Waals surface area contributed by atoms with Crippen LogP contribution in [-0.2, 0) is 0 Å². The summed E-state index contributed by atoms with van der Waals surface area (Å²) in [4.78, 5) is 0. The topological polar surface area (TPSA) is 0 Å². The van der Waals surface area contributed by atoms with Gasteiger partial charge in [-0.05, 0) is 0 Å². The van der Waals surface area contributed by atoms with Crippen molar-refractivity contribution in [1.29, 1.82) is 0 Å². The Hall–Kier alpha value is 2.85. The maximum atomic E-state index is 2.85. The first-order chi connectivity index (χ1) is 16.0. The van der Waals surface area contributed by atoms with Crippen LogP contribution in [0.15, 0.2) is 0 Å². The summed E-state index contributed by atoms with van der Waals surface area (Å²) in [7, 11) is -10.6. The first-order valence-corrected chi connectivity index (χ1v) is 53.7. The fourth-order valence-corrected chi connectivity index (χ4v) is 244. The summed E-state index contributed by atoms with van der Waals surface area (Å²) in [5.74, 6) is 0. The number of hydrogen-bond acceptors (Lipinski definition) is 0. The molecule has 0 heterocycles. The summed E-state index contributed by atoms with van der Waals surface area (Å²) in [5, 5.41) is 0. The van der Waals surface area contributed by atoms with Crippen LogP contribution in [0.25, 0.3) is 0 Å². The van der Waals surface area contributed by atoms with Gasteiger partial charge in [-0.25, -0.2) is 0 Å². The van der Waals surface area contributed by atoms with E-state index < -0.39 is 89.8 Å². The van der Waals surface area contributed by atoms with Gasteiger partial charge in [0.05, 0.1) is 0 Å². The van der Waals surface area contributed by atoms with Crippen molar-refractivity contribution in [3.8, 4) is 0 Å². The second-order valence-corrected chi connectivity index (χ2v) is 92.1. The summed E-state index contributed by atoms with van der Waals surface area (Å²) in [5.41, 5.74) is 0. The zero-order valence-corrected chi connectivity index (χ0v) is 43.0. The molecule has 0 spiro atoms. The third-order valence-corrected chi connectivity index (χ3v) is 133. The van der Waals surface area contributed by atoms with Crippen molar-refractivity contribution < 1.29 is 0 Å². The summed E-state index contributed by atoms with van der Waals surface area (Å²) in [6.07, 6.45) is 0. The first-order valence-electron chi connectivity index (χ1n) is 15.5. The van der Waals surface area contributed by atoms with Gasteiger partial charge in [-0.1, -0.05) is 0 Å². The fraction of sp³-hybridized carbons (Fsp3) is 1.00. The van der Waals surface area contributed by atoms with E-state index in [2.05, 4.69) is 157 Å². The van der Waals surface area contributed by atoms with E-state index in [1.165, 1.54) is 15.8 Å². The number of rotatable bonds is 13. The minimum atomic E-state index is -1.33. The Morgan fingerprint density at radius 1 is 0.211 bits per heavy atom. The predicted octanol–water partition coefficient (Wildman–Crippen LogP) is 11.6. The molecule has 0 aromatic carbocycles. The standard InChI is InChI=1S/C28H76As2Si8/c1-31(2,3)25(32(4,5)6)29(26(33(7,8)9)34(10,11)12)30(27(35(13,14)15)36(16,17)18)28(37(19,20)21)38(22,23)24/h25-28H,1-24H3. The molecule has 0 nitrogen and oxygen atoms in total. The van der Waals surface area contributed by atoms with E-state index in [1.54, 1.807) is 0 Å². The molecule has 0 N–H and O–H groups in total. The normalized spacial score (nSPS) is 16.3. The Labute approximate surface area is 260 Å². The Morgan fingerprint density at radius 2 is 0.289 bits per heavy atom. The van der Waals surface area contributed by atoms with Gasteiger partial charge in [-0.2, -0.15) is 0 Å². The van der Waals surface area contributed by atoms with Crippen molar-refractivity contribution in [3.63, 3.8) is 0 Å². The van der Waals surface area contributed by atoms with E-state index in [0.717, 1.165) is 0 Å². The molecule has 0 rings (SSSR count). The average Bonchev–Trinajstić information content (AvgIpc) is 2.41. The van der Waals surface area contributed by atoms with Gasteiger partial charge in [0.2, 0.25) is 0 Å².